The van der Waals surface area contributed by atoms with E-state index in [2.05, 4.69) is 4.98 Å². The number of phenolic OH excluding ortho intramolecular Hbond substituents is 1. The molecule has 1 fully saturated rings. The van der Waals surface area contributed by atoms with Crippen LogP contribution in [-0.4, -0.2) is 53.9 Å². The van der Waals surface area contributed by atoms with Crippen LogP contribution in [0.1, 0.15) is 24.1 Å². The van der Waals surface area contributed by atoms with E-state index in [0.29, 0.717) is 29.6 Å². The molecular formula is C22H22FNO5S. The number of ether oxygens (including phenoxy) is 1. The van der Waals surface area contributed by atoms with E-state index in [4.69, 9.17) is 4.74 Å². The summed E-state index contributed by atoms with van der Waals surface area (Å²) < 4.78 is 44.2. The predicted octanol–water partition coefficient (Wildman–Crippen LogP) is 2.73. The second-order valence-electron chi connectivity index (χ2n) is 7.47. The van der Waals surface area contributed by atoms with E-state index in [0.717, 1.165) is 11.3 Å². The lowest BCUT2D eigenvalue weighted by Crippen LogP contribution is -2.19. The average Bonchev–Trinajstić information content (AvgIpc) is 3.27. The third-order valence-corrected chi connectivity index (χ3v) is 7.54. The molecule has 2 aliphatic heterocycles. The first-order valence-electron chi connectivity index (χ1n) is 9.65. The SMILES string of the molecule is O=S1(=O)CC(CO)=C2[C@@H](CC/C(=C/c3ccc(O)c(F)c3)c3ccccn3)OC[C@@H]21. The first-order chi connectivity index (χ1) is 14.4. The fraction of sp³-hybridized carbons (Fsp3) is 0.318. The van der Waals surface area contributed by atoms with Crippen molar-refractivity contribution in [1.82, 2.24) is 4.98 Å². The van der Waals surface area contributed by atoms with Gasteiger partial charge in [-0.05, 0) is 65.5 Å². The lowest BCUT2D eigenvalue weighted by Gasteiger charge is -2.15. The summed E-state index contributed by atoms with van der Waals surface area (Å²) in [5.41, 5.74) is 3.35. The van der Waals surface area contributed by atoms with E-state index in [-0.39, 0.29) is 19.0 Å². The quantitative estimate of drug-likeness (QED) is 0.683. The van der Waals surface area contributed by atoms with Crippen LogP contribution >= 0.6 is 0 Å². The first-order valence-corrected chi connectivity index (χ1v) is 11.4. The topological polar surface area (TPSA) is 96.7 Å². The maximum Gasteiger partial charge on any atom is 0.165 e. The zero-order valence-electron chi connectivity index (χ0n) is 16.2. The van der Waals surface area contributed by atoms with Crippen molar-refractivity contribution in [2.45, 2.75) is 24.2 Å². The maximum absolute atomic E-state index is 13.8. The number of phenols is 1. The number of allylic oxidation sites excluding steroid dienone is 1. The molecule has 2 atom stereocenters. The highest BCUT2D eigenvalue weighted by atomic mass is 32.2. The number of halogens is 1. The lowest BCUT2D eigenvalue weighted by atomic mass is 9.95. The van der Waals surface area contributed by atoms with E-state index in [1.165, 1.54) is 12.1 Å². The molecule has 0 saturated carbocycles. The highest BCUT2D eigenvalue weighted by Gasteiger charge is 2.46. The minimum atomic E-state index is -3.32. The van der Waals surface area contributed by atoms with Crippen molar-refractivity contribution in [3.63, 3.8) is 0 Å². The first kappa shape index (κ1) is 20.7. The van der Waals surface area contributed by atoms with Gasteiger partial charge in [0.25, 0.3) is 0 Å². The fourth-order valence-corrected chi connectivity index (χ4v) is 6.01. The molecule has 4 rings (SSSR count). The van der Waals surface area contributed by atoms with Crippen LogP contribution in [0.25, 0.3) is 11.6 Å². The highest BCUT2D eigenvalue weighted by Crippen LogP contribution is 2.39. The molecule has 8 heteroatoms. The van der Waals surface area contributed by atoms with Crippen LogP contribution in [-0.2, 0) is 14.6 Å². The monoisotopic (exact) mass is 431 g/mol. The predicted molar refractivity (Wildman–Crippen MR) is 111 cm³/mol. The Morgan fingerprint density at radius 2 is 2.13 bits per heavy atom. The second kappa shape index (κ2) is 8.29. The van der Waals surface area contributed by atoms with E-state index in [1.54, 1.807) is 24.4 Å². The van der Waals surface area contributed by atoms with Crippen molar-refractivity contribution in [3.8, 4) is 5.75 Å². The largest absolute Gasteiger partial charge is 0.505 e. The average molecular weight is 431 g/mol. The normalized spacial score (nSPS) is 23.1. The van der Waals surface area contributed by atoms with Gasteiger partial charge in [0.2, 0.25) is 0 Å². The number of aromatic hydroxyl groups is 1. The van der Waals surface area contributed by atoms with Crippen LogP contribution in [0.3, 0.4) is 0 Å². The molecule has 30 heavy (non-hydrogen) atoms. The Kier molecular flexibility index (Phi) is 5.73. The number of aliphatic hydroxyl groups excluding tert-OH is 1. The van der Waals surface area contributed by atoms with Crippen LogP contribution in [0.5, 0.6) is 5.75 Å². The van der Waals surface area contributed by atoms with Crippen LogP contribution in [0, 0.1) is 5.82 Å². The smallest absolute Gasteiger partial charge is 0.165 e. The number of aliphatic hydroxyl groups is 1. The number of hydrogen-bond donors (Lipinski definition) is 2. The van der Waals surface area contributed by atoms with E-state index in [9.17, 15) is 23.0 Å². The molecule has 1 aromatic heterocycles. The molecule has 0 aliphatic carbocycles. The number of benzene rings is 1. The number of hydrogen-bond acceptors (Lipinski definition) is 6. The Balaban J connectivity index is 1.60. The van der Waals surface area contributed by atoms with Crippen LogP contribution in [0.4, 0.5) is 4.39 Å². The summed E-state index contributed by atoms with van der Waals surface area (Å²) in [6.07, 6.45) is 4.09. The number of aromatic nitrogens is 1. The molecule has 1 aromatic carbocycles. The Hall–Kier alpha value is -2.55. The molecule has 158 valence electrons. The Bertz CT molecular complexity index is 1110. The zero-order chi connectivity index (χ0) is 21.3. The molecule has 2 N–H and O–H groups in total. The van der Waals surface area contributed by atoms with Gasteiger partial charge in [0, 0.05) is 6.20 Å². The lowest BCUT2D eigenvalue weighted by molar-refractivity contribution is 0.118. The zero-order valence-corrected chi connectivity index (χ0v) is 17.0. The van der Waals surface area contributed by atoms with E-state index in [1.807, 2.05) is 12.1 Å². The molecule has 2 aliphatic rings. The molecule has 0 unspecified atom stereocenters. The molecular weight excluding hydrogens is 409 g/mol. The van der Waals surface area contributed by atoms with Gasteiger partial charge in [0.05, 0.1) is 30.8 Å². The molecule has 6 nitrogen and oxygen atoms in total. The molecule has 2 aromatic rings. The number of nitrogens with zero attached hydrogens (tertiary/aromatic N) is 1. The van der Waals surface area contributed by atoms with Crippen LogP contribution in [0.2, 0.25) is 0 Å². The van der Waals surface area contributed by atoms with Gasteiger partial charge in [0.15, 0.2) is 21.4 Å². The van der Waals surface area contributed by atoms with Gasteiger partial charge in [-0.15, -0.1) is 0 Å². The minimum Gasteiger partial charge on any atom is -0.505 e. The number of fused-ring (bicyclic) bond motifs is 1. The molecule has 3 heterocycles. The summed E-state index contributed by atoms with van der Waals surface area (Å²) in [6.45, 7) is -0.182. The number of rotatable bonds is 6. The van der Waals surface area contributed by atoms with E-state index < -0.39 is 32.8 Å². The van der Waals surface area contributed by atoms with Gasteiger partial charge < -0.3 is 14.9 Å². The third kappa shape index (κ3) is 4.03. The van der Waals surface area contributed by atoms with Crippen LogP contribution < -0.4 is 0 Å². The summed E-state index contributed by atoms with van der Waals surface area (Å²) in [7, 11) is -3.32. The van der Waals surface area contributed by atoms with Crippen molar-refractivity contribution in [2.24, 2.45) is 0 Å². The van der Waals surface area contributed by atoms with Gasteiger partial charge in [-0.1, -0.05) is 12.1 Å². The van der Waals surface area contributed by atoms with Gasteiger partial charge in [-0.25, -0.2) is 12.8 Å². The second-order valence-corrected chi connectivity index (χ2v) is 9.65. The van der Waals surface area contributed by atoms with Crippen molar-refractivity contribution in [3.05, 3.63) is 70.8 Å². The molecule has 1 saturated heterocycles. The standard InChI is InChI=1S/C22H22FNO5S/c23-17-10-14(4-6-19(17)26)9-15(18-3-1-2-8-24-18)5-7-20-22-16(11-25)13-30(27,28)21(22)12-29-20/h1-4,6,8-10,20-21,25-26H,5,7,11-13H2/b15-9-/t20-,21+/m1/s1. The molecule has 0 spiro atoms. The minimum absolute atomic E-state index is 0.109. The summed E-state index contributed by atoms with van der Waals surface area (Å²) in [6, 6.07) is 9.65. The molecule has 0 bridgehead atoms. The number of sulfone groups is 1. The molecule has 0 radical (unpaired) electrons. The summed E-state index contributed by atoms with van der Waals surface area (Å²) >= 11 is 0. The van der Waals surface area contributed by atoms with Gasteiger partial charge in [0.1, 0.15) is 5.25 Å². The number of pyridine rings is 1. The maximum atomic E-state index is 13.8. The highest BCUT2D eigenvalue weighted by molar-refractivity contribution is 7.92. The van der Waals surface area contributed by atoms with Crippen molar-refractivity contribution >= 4 is 21.5 Å². The van der Waals surface area contributed by atoms with Crippen LogP contribution in [0.15, 0.2) is 53.7 Å². The summed E-state index contributed by atoms with van der Waals surface area (Å²) in [5, 5.41) is 18.4. The van der Waals surface area contributed by atoms with Gasteiger partial charge >= 0.3 is 0 Å². The Labute approximate surface area is 174 Å². The summed E-state index contributed by atoms with van der Waals surface area (Å²) in [5.74, 6) is -1.23. The van der Waals surface area contributed by atoms with Gasteiger partial charge in [-0.3, -0.25) is 4.98 Å². The molecule has 0 amide bonds. The third-order valence-electron chi connectivity index (χ3n) is 5.53. The Morgan fingerprint density at radius 3 is 2.83 bits per heavy atom. The van der Waals surface area contributed by atoms with Crippen molar-refractivity contribution in [1.29, 1.82) is 0 Å². The van der Waals surface area contributed by atoms with Crippen molar-refractivity contribution < 1.29 is 27.8 Å². The van der Waals surface area contributed by atoms with E-state index >= 15 is 0 Å². The summed E-state index contributed by atoms with van der Waals surface area (Å²) in [4.78, 5) is 4.38. The Morgan fingerprint density at radius 1 is 1.30 bits per heavy atom. The fourth-order valence-electron chi connectivity index (χ4n) is 4.07. The van der Waals surface area contributed by atoms with Gasteiger partial charge in [-0.2, -0.15) is 0 Å². The van der Waals surface area contributed by atoms with Crippen molar-refractivity contribution in [2.75, 3.05) is 19.0 Å².